The zero-order chi connectivity index (χ0) is 13.7. The Morgan fingerprint density at radius 3 is 2.74 bits per heavy atom. The van der Waals surface area contributed by atoms with Gasteiger partial charge in [-0.1, -0.05) is 24.3 Å². The molecule has 0 aliphatic carbocycles. The summed E-state index contributed by atoms with van der Waals surface area (Å²) in [5.74, 6) is -0.228. The highest BCUT2D eigenvalue weighted by Crippen LogP contribution is 2.13. The highest BCUT2D eigenvalue weighted by molar-refractivity contribution is 5.72. The molecular weight excluding hydrogens is 242 g/mol. The Labute approximate surface area is 112 Å². The van der Waals surface area contributed by atoms with E-state index < -0.39 is 0 Å². The van der Waals surface area contributed by atoms with Crippen LogP contribution in [0.1, 0.15) is 11.1 Å². The molecule has 5 heteroatoms. The molecule has 1 aromatic carbocycles. The number of rotatable bonds is 5. The van der Waals surface area contributed by atoms with E-state index >= 15 is 0 Å². The van der Waals surface area contributed by atoms with E-state index in [9.17, 15) is 4.79 Å². The van der Waals surface area contributed by atoms with E-state index in [0.717, 1.165) is 16.8 Å². The van der Waals surface area contributed by atoms with E-state index in [2.05, 4.69) is 10.4 Å². The van der Waals surface area contributed by atoms with Crippen molar-refractivity contribution >= 4 is 11.7 Å². The number of anilines is 1. The summed E-state index contributed by atoms with van der Waals surface area (Å²) in [6, 6.07) is 7.83. The standard InChI is InChI=1S/C14H17N3O2/c1-17-10-13(9-16-17)15-8-12-6-4-3-5-11(12)7-14(18)19-2/h3-6,9-10,15H,7-8H2,1-2H3. The van der Waals surface area contributed by atoms with Crippen molar-refractivity contribution in [2.45, 2.75) is 13.0 Å². The molecule has 2 rings (SSSR count). The van der Waals surface area contributed by atoms with Crippen LogP contribution in [0.3, 0.4) is 0 Å². The Morgan fingerprint density at radius 2 is 2.11 bits per heavy atom. The van der Waals surface area contributed by atoms with Gasteiger partial charge in [0.1, 0.15) is 0 Å². The molecule has 0 unspecified atom stereocenters. The molecular formula is C14H17N3O2. The monoisotopic (exact) mass is 259 g/mol. The maximum absolute atomic E-state index is 11.4. The van der Waals surface area contributed by atoms with Crippen molar-refractivity contribution in [1.82, 2.24) is 9.78 Å². The summed E-state index contributed by atoms with van der Waals surface area (Å²) < 4.78 is 6.44. The van der Waals surface area contributed by atoms with Crippen molar-refractivity contribution in [3.05, 3.63) is 47.8 Å². The second-order valence-electron chi connectivity index (χ2n) is 4.28. The Kier molecular flexibility index (Phi) is 4.18. The normalized spacial score (nSPS) is 10.2. The van der Waals surface area contributed by atoms with E-state index in [1.165, 1.54) is 7.11 Å². The van der Waals surface area contributed by atoms with Crippen LogP contribution in [0.4, 0.5) is 5.69 Å². The fourth-order valence-corrected chi connectivity index (χ4v) is 1.84. The molecule has 0 bridgehead atoms. The van der Waals surface area contributed by atoms with Crippen molar-refractivity contribution in [3.63, 3.8) is 0 Å². The van der Waals surface area contributed by atoms with Crippen molar-refractivity contribution in [2.24, 2.45) is 7.05 Å². The van der Waals surface area contributed by atoms with Crippen LogP contribution < -0.4 is 5.32 Å². The Balaban J connectivity index is 2.05. The summed E-state index contributed by atoms with van der Waals surface area (Å²) >= 11 is 0. The predicted molar refractivity (Wildman–Crippen MR) is 72.7 cm³/mol. The number of methoxy groups -OCH3 is 1. The summed E-state index contributed by atoms with van der Waals surface area (Å²) in [6.07, 6.45) is 3.97. The van der Waals surface area contributed by atoms with Crippen LogP contribution in [0.2, 0.25) is 0 Å². The molecule has 0 aliphatic heterocycles. The molecule has 19 heavy (non-hydrogen) atoms. The smallest absolute Gasteiger partial charge is 0.309 e. The number of nitrogens with one attached hydrogen (secondary N) is 1. The lowest BCUT2D eigenvalue weighted by Crippen LogP contribution is -2.09. The minimum atomic E-state index is -0.228. The van der Waals surface area contributed by atoms with Crippen LogP contribution in [0.25, 0.3) is 0 Å². The molecule has 0 saturated heterocycles. The molecule has 0 atom stereocenters. The highest BCUT2D eigenvalue weighted by atomic mass is 16.5. The average molecular weight is 259 g/mol. The lowest BCUT2D eigenvalue weighted by molar-refractivity contribution is -0.139. The average Bonchev–Trinajstić information content (AvgIpc) is 2.83. The van der Waals surface area contributed by atoms with E-state index in [1.54, 1.807) is 10.9 Å². The molecule has 1 heterocycles. The van der Waals surface area contributed by atoms with E-state index in [4.69, 9.17) is 4.74 Å². The van der Waals surface area contributed by atoms with Crippen molar-refractivity contribution < 1.29 is 9.53 Å². The first-order chi connectivity index (χ1) is 9.19. The third kappa shape index (κ3) is 3.58. The number of aromatic nitrogens is 2. The second kappa shape index (κ2) is 6.04. The highest BCUT2D eigenvalue weighted by Gasteiger charge is 2.07. The van der Waals surface area contributed by atoms with E-state index in [0.29, 0.717) is 13.0 Å². The fraction of sp³-hybridized carbons (Fsp3) is 0.286. The van der Waals surface area contributed by atoms with Crippen LogP contribution in [0.15, 0.2) is 36.7 Å². The molecule has 0 saturated carbocycles. The van der Waals surface area contributed by atoms with Gasteiger partial charge in [0, 0.05) is 19.8 Å². The van der Waals surface area contributed by atoms with Gasteiger partial charge in [-0.2, -0.15) is 5.10 Å². The minimum Gasteiger partial charge on any atom is -0.469 e. The number of ether oxygens (including phenoxy) is 1. The van der Waals surface area contributed by atoms with Crippen molar-refractivity contribution in [3.8, 4) is 0 Å². The number of carbonyl (C=O) groups excluding carboxylic acids is 1. The largest absolute Gasteiger partial charge is 0.469 e. The first kappa shape index (κ1) is 13.1. The number of carbonyl (C=O) groups is 1. The van der Waals surface area contributed by atoms with Gasteiger partial charge in [0.25, 0.3) is 0 Å². The fourth-order valence-electron chi connectivity index (χ4n) is 1.84. The number of hydrogen-bond acceptors (Lipinski definition) is 4. The molecule has 0 radical (unpaired) electrons. The lowest BCUT2D eigenvalue weighted by Gasteiger charge is -2.09. The molecule has 1 N–H and O–H groups in total. The van der Waals surface area contributed by atoms with Gasteiger partial charge in [-0.05, 0) is 11.1 Å². The first-order valence-electron chi connectivity index (χ1n) is 6.05. The molecule has 5 nitrogen and oxygen atoms in total. The number of esters is 1. The van der Waals surface area contributed by atoms with Gasteiger partial charge in [-0.3, -0.25) is 9.48 Å². The molecule has 0 fully saturated rings. The number of aryl methyl sites for hydroxylation is 1. The SMILES string of the molecule is COC(=O)Cc1ccccc1CNc1cnn(C)c1. The van der Waals surface area contributed by atoms with Gasteiger partial charge in [-0.15, -0.1) is 0 Å². The number of nitrogens with zero attached hydrogens (tertiary/aromatic N) is 2. The summed E-state index contributed by atoms with van der Waals surface area (Å²) in [7, 11) is 3.27. The van der Waals surface area contributed by atoms with Crippen LogP contribution in [-0.4, -0.2) is 22.9 Å². The Bertz CT molecular complexity index is 563. The minimum absolute atomic E-state index is 0.228. The second-order valence-corrected chi connectivity index (χ2v) is 4.28. The lowest BCUT2D eigenvalue weighted by atomic mass is 10.0. The molecule has 0 aliphatic rings. The zero-order valence-electron chi connectivity index (χ0n) is 11.1. The summed E-state index contributed by atoms with van der Waals surface area (Å²) in [6.45, 7) is 0.652. The zero-order valence-corrected chi connectivity index (χ0v) is 11.1. The molecule has 0 amide bonds. The Morgan fingerprint density at radius 1 is 1.37 bits per heavy atom. The summed E-state index contributed by atoms with van der Waals surface area (Å²) in [5.41, 5.74) is 3.01. The number of hydrogen-bond donors (Lipinski definition) is 1. The molecule has 1 aromatic heterocycles. The van der Waals surface area contributed by atoms with Gasteiger partial charge in [0.05, 0.1) is 25.4 Å². The van der Waals surface area contributed by atoms with Crippen LogP contribution in [0, 0.1) is 0 Å². The van der Waals surface area contributed by atoms with Crippen molar-refractivity contribution in [2.75, 3.05) is 12.4 Å². The summed E-state index contributed by atoms with van der Waals surface area (Å²) in [4.78, 5) is 11.4. The third-order valence-corrected chi connectivity index (χ3v) is 2.87. The third-order valence-electron chi connectivity index (χ3n) is 2.87. The van der Waals surface area contributed by atoms with Crippen LogP contribution >= 0.6 is 0 Å². The van der Waals surface area contributed by atoms with Gasteiger partial charge >= 0.3 is 5.97 Å². The van der Waals surface area contributed by atoms with Gasteiger partial charge < -0.3 is 10.1 Å². The van der Waals surface area contributed by atoms with Gasteiger partial charge in [0.2, 0.25) is 0 Å². The Hall–Kier alpha value is -2.30. The van der Waals surface area contributed by atoms with E-state index in [-0.39, 0.29) is 5.97 Å². The summed E-state index contributed by atoms with van der Waals surface area (Å²) in [5, 5.41) is 7.37. The quantitative estimate of drug-likeness (QED) is 0.831. The molecule has 0 spiro atoms. The van der Waals surface area contributed by atoms with Crippen molar-refractivity contribution in [1.29, 1.82) is 0 Å². The van der Waals surface area contributed by atoms with Gasteiger partial charge in [-0.25, -0.2) is 0 Å². The maximum atomic E-state index is 11.4. The molecule has 100 valence electrons. The number of benzene rings is 1. The van der Waals surface area contributed by atoms with Crippen LogP contribution in [-0.2, 0) is 29.5 Å². The van der Waals surface area contributed by atoms with Gasteiger partial charge in [0.15, 0.2) is 0 Å². The molecule has 2 aromatic rings. The topological polar surface area (TPSA) is 56.1 Å². The first-order valence-corrected chi connectivity index (χ1v) is 6.05. The maximum Gasteiger partial charge on any atom is 0.309 e. The predicted octanol–water partition coefficient (Wildman–Crippen LogP) is 1.75. The van der Waals surface area contributed by atoms with E-state index in [1.807, 2.05) is 37.5 Å². The van der Waals surface area contributed by atoms with Crippen LogP contribution in [0.5, 0.6) is 0 Å².